The predicted octanol–water partition coefficient (Wildman–Crippen LogP) is 8.63. The number of esters is 1. The maximum Gasteiger partial charge on any atom is 0.310 e. The van der Waals surface area contributed by atoms with Gasteiger partial charge in [0.1, 0.15) is 0 Å². The summed E-state index contributed by atoms with van der Waals surface area (Å²) in [6.07, 6.45) is 30.1. The van der Waals surface area contributed by atoms with Gasteiger partial charge in [0.25, 0.3) is 0 Å². The van der Waals surface area contributed by atoms with Crippen molar-refractivity contribution in [1.82, 2.24) is 0 Å². The number of hydrogen-bond acceptors (Lipinski definition) is 3. The van der Waals surface area contributed by atoms with Crippen LogP contribution in [-0.4, -0.2) is 23.7 Å². The van der Waals surface area contributed by atoms with E-state index < -0.39 is 17.8 Å². The number of carboxylic acids is 1. The maximum atomic E-state index is 12.2. The van der Waals surface area contributed by atoms with Crippen LogP contribution in [0.4, 0.5) is 0 Å². The molecular weight excluding hydrogens is 412 g/mol. The summed E-state index contributed by atoms with van der Waals surface area (Å²) in [5.41, 5.74) is 0. The monoisotopic (exact) mass is 464 g/mol. The zero-order chi connectivity index (χ0) is 24.0. The van der Waals surface area contributed by atoms with Crippen LogP contribution in [0.3, 0.4) is 0 Å². The molecule has 4 heteroatoms. The molecule has 0 aromatic carbocycles. The Morgan fingerprint density at radius 2 is 1.00 bits per heavy atom. The first-order chi connectivity index (χ1) is 16.2. The van der Waals surface area contributed by atoms with Gasteiger partial charge >= 0.3 is 11.9 Å². The Bertz CT molecular complexity index is 514. The average Bonchev–Trinajstić information content (AvgIpc) is 2.82. The molecule has 2 atom stereocenters. The molecule has 0 spiro atoms. The largest absolute Gasteiger partial charge is 0.481 e. The van der Waals surface area contributed by atoms with Gasteiger partial charge in [0.15, 0.2) is 0 Å². The molecule has 0 fully saturated rings. The first-order valence-electron chi connectivity index (χ1n) is 14.2. The van der Waals surface area contributed by atoms with Gasteiger partial charge in [-0.2, -0.15) is 0 Å². The molecule has 1 aliphatic rings. The minimum Gasteiger partial charge on any atom is -0.481 e. The highest BCUT2D eigenvalue weighted by molar-refractivity contribution is 5.81. The van der Waals surface area contributed by atoms with Crippen molar-refractivity contribution < 1.29 is 19.4 Å². The van der Waals surface area contributed by atoms with Gasteiger partial charge in [-0.05, 0) is 19.3 Å². The third-order valence-corrected chi connectivity index (χ3v) is 7.04. The summed E-state index contributed by atoms with van der Waals surface area (Å²) in [5.74, 6) is -2.39. The van der Waals surface area contributed by atoms with Gasteiger partial charge in [0, 0.05) is 0 Å². The highest BCUT2D eigenvalue weighted by Crippen LogP contribution is 2.27. The number of allylic oxidation sites excluding steroid dienone is 2. The highest BCUT2D eigenvalue weighted by Gasteiger charge is 2.34. The maximum absolute atomic E-state index is 12.2. The summed E-state index contributed by atoms with van der Waals surface area (Å²) in [4.78, 5) is 23.5. The van der Waals surface area contributed by atoms with E-state index in [4.69, 9.17) is 4.74 Å². The molecule has 192 valence electrons. The Labute approximate surface area is 203 Å². The van der Waals surface area contributed by atoms with Crippen LogP contribution in [0.5, 0.6) is 0 Å². The third-order valence-electron chi connectivity index (χ3n) is 7.04. The quantitative estimate of drug-likeness (QED) is 0.0989. The smallest absolute Gasteiger partial charge is 0.310 e. The summed E-state index contributed by atoms with van der Waals surface area (Å²) in [6.45, 7) is 2.70. The standard InChI is InChI=1S/C29H52O4/c1-2-3-4-5-6-7-8-9-10-11-12-13-14-15-16-17-18-19-22-25-33-29(32)27-24-21-20-23-26(27)28(30)31/h20-21,26-27H,2-19,22-25H2,1H3,(H,30,31). The van der Waals surface area contributed by atoms with Crippen LogP contribution in [0, 0.1) is 11.8 Å². The second kappa shape index (κ2) is 21.2. The first-order valence-corrected chi connectivity index (χ1v) is 14.2. The fourth-order valence-corrected chi connectivity index (χ4v) is 4.81. The van der Waals surface area contributed by atoms with Crippen LogP contribution in [0.2, 0.25) is 0 Å². The third kappa shape index (κ3) is 16.0. The minimum absolute atomic E-state index is 0.339. The number of hydrogen-bond donors (Lipinski definition) is 1. The number of carbonyl (C=O) groups is 2. The lowest BCUT2D eigenvalue weighted by molar-refractivity contribution is -0.158. The number of aliphatic carboxylic acids is 1. The summed E-state index contributed by atoms with van der Waals surface area (Å²) in [7, 11) is 0. The van der Waals surface area contributed by atoms with E-state index in [0.717, 1.165) is 12.8 Å². The van der Waals surface area contributed by atoms with Crippen molar-refractivity contribution in [2.75, 3.05) is 6.61 Å². The lowest BCUT2D eigenvalue weighted by atomic mass is 9.83. The van der Waals surface area contributed by atoms with Crippen LogP contribution in [0.15, 0.2) is 12.2 Å². The van der Waals surface area contributed by atoms with Gasteiger partial charge in [0.2, 0.25) is 0 Å². The Morgan fingerprint density at radius 1 is 0.636 bits per heavy atom. The second-order valence-corrected chi connectivity index (χ2v) is 10.0. The summed E-state index contributed by atoms with van der Waals surface area (Å²) in [6, 6.07) is 0. The normalized spacial score (nSPS) is 17.8. The molecule has 0 amide bonds. The van der Waals surface area contributed by atoms with Crippen molar-refractivity contribution in [2.24, 2.45) is 11.8 Å². The Hall–Kier alpha value is -1.32. The van der Waals surface area contributed by atoms with Crippen molar-refractivity contribution >= 4 is 11.9 Å². The van der Waals surface area contributed by atoms with Crippen molar-refractivity contribution in [3.05, 3.63) is 12.2 Å². The highest BCUT2D eigenvalue weighted by atomic mass is 16.5. The van der Waals surface area contributed by atoms with E-state index in [0.29, 0.717) is 19.4 Å². The summed E-state index contributed by atoms with van der Waals surface area (Å²) in [5, 5.41) is 9.26. The second-order valence-electron chi connectivity index (χ2n) is 10.0. The topological polar surface area (TPSA) is 63.6 Å². The molecule has 33 heavy (non-hydrogen) atoms. The van der Waals surface area contributed by atoms with E-state index in [9.17, 15) is 14.7 Å². The van der Waals surface area contributed by atoms with Crippen molar-refractivity contribution in [3.8, 4) is 0 Å². The van der Waals surface area contributed by atoms with Crippen LogP contribution in [0.25, 0.3) is 0 Å². The van der Waals surface area contributed by atoms with Gasteiger partial charge in [0.05, 0.1) is 18.4 Å². The minimum atomic E-state index is -0.898. The SMILES string of the molecule is CCCCCCCCCCCCCCCCCCCCCOC(=O)C1CC=CCC1C(=O)O. The Kier molecular flexibility index (Phi) is 19.1. The molecule has 0 saturated heterocycles. The molecule has 1 N–H and O–H groups in total. The molecule has 4 nitrogen and oxygen atoms in total. The van der Waals surface area contributed by atoms with Crippen LogP contribution < -0.4 is 0 Å². The molecule has 2 unspecified atom stereocenters. The number of rotatable bonds is 22. The fraction of sp³-hybridized carbons (Fsp3) is 0.862. The average molecular weight is 465 g/mol. The molecule has 0 aliphatic heterocycles. The van der Waals surface area contributed by atoms with Crippen LogP contribution in [0.1, 0.15) is 142 Å². The fourth-order valence-electron chi connectivity index (χ4n) is 4.81. The van der Waals surface area contributed by atoms with E-state index >= 15 is 0 Å². The van der Waals surface area contributed by atoms with Gasteiger partial charge in [-0.1, -0.05) is 135 Å². The molecule has 0 saturated carbocycles. The zero-order valence-corrected chi connectivity index (χ0v) is 21.5. The van der Waals surface area contributed by atoms with Gasteiger partial charge < -0.3 is 9.84 Å². The molecule has 0 radical (unpaired) electrons. The van der Waals surface area contributed by atoms with Gasteiger partial charge in [-0.15, -0.1) is 0 Å². The number of ether oxygens (including phenoxy) is 1. The van der Waals surface area contributed by atoms with Gasteiger partial charge in [-0.25, -0.2) is 0 Å². The predicted molar refractivity (Wildman–Crippen MR) is 137 cm³/mol. The lowest BCUT2D eigenvalue weighted by Crippen LogP contribution is -2.32. The zero-order valence-electron chi connectivity index (χ0n) is 21.5. The Morgan fingerprint density at radius 3 is 1.39 bits per heavy atom. The molecule has 0 aromatic rings. The molecule has 1 aliphatic carbocycles. The lowest BCUT2D eigenvalue weighted by Gasteiger charge is -2.23. The summed E-state index contributed by atoms with van der Waals surface area (Å²) >= 11 is 0. The molecule has 0 heterocycles. The summed E-state index contributed by atoms with van der Waals surface area (Å²) < 4.78 is 5.36. The Balaban J connectivity index is 1.80. The molecular formula is C29H52O4. The van der Waals surface area contributed by atoms with Crippen molar-refractivity contribution in [1.29, 1.82) is 0 Å². The van der Waals surface area contributed by atoms with E-state index in [1.165, 1.54) is 109 Å². The van der Waals surface area contributed by atoms with Crippen LogP contribution in [-0.2, 0) is 14.3 Å². The van der Waals surface area contributed by atoms with Crippen molar-refractivity contribution in [3.63, 3.8) is 0 Å². The molecule has 0 aromatic heterocycles. The van der Waals surface area contributed by atoms with E-state index in [1.807, 2.05) is 12.2 Å². The van der Waals surface area contributed by atoms with Gasteiger partial charge in [-0.3, -0.25) is 9.59 Å². The number of carbonyl (C=O) groups excluding carboxylic acids is 1. The van der Waals surface area contributed by atoms with E-state index in [-0.39, 0.29) is 5.97 Å². The number of unbranched alkanes of at least 4 members (excludes halogenated alkanes) is 18. The first kappa shape index (κ1) is 29.7. The van der Waals surface area contributed by atoms with Crippen molar-refractivity contribution in [2.45, 2.75) is 142 Å². The number of carboxylic acid groups (broad SMARTS) is 1. The molecule has 0 bridgehead atoms. The van der Waals surface area contributed by atoms with E-state index in [1.54, 1.807) is 0 Å². The molecule has 1 rings (SSSR count). The van der Waals surface area contributed by atoms with Crippen LogP contribution >= 0.6 is 0 Å². The van der Waals surface area contributed by atoms with E-state index in [2.05, 4.69) is 6.92 Å².